The zero-order valence-corrected chi connectivity index (χ0v) is 37.6. The van der Waals surface area contributed by atoms with Crippen LogP contribution in [0.5, 0.6) is 0 Å². The molecule has 0 atom stereocenters. The molecule has 0 bridgehead atoms. The van der Waals surface area contributed by atoms with E-state index in [-0.39, 0.29) is 0 Å². The molecule has 0 aliphatic carbocycles. The van der Waals surface area contributed by atoms with E-state index in [1.807, 2.05) is 0 Å². The van der Waals surface area contributed by atoms with Gasteiger partial charge in [-0.15, -0.1) is 56.9 Å². The summed E-state index contributed by atoms with van der Waals surface area (Å²) in [5, 5.41) is 5.33. The number of halogens is 2. The molecule has 0 heterocycles. The third-order valence-corrected chi connectivity index (χ3v) is 9.26. The standard InChI is InChI=1S/2C24H21.C2H6Si.2ClH.Zr/c2*1-16-11-17(2)14-21(13-16)24-22(19-7-5-4-6-8-19)10-9-20-12-18(3)15-23(20)24;1-3-2;;;/h2*4-15H,1-3H3;1-2H3;2*1H;/q2*-1;;;;+4/p-2. The first-order chi connectivity index (χ1) is 26.1. The van der Waals surface area contributed by atoms with Crippen molar-refractivity contribution in [3.63, 3.8) is 0 Å². The van der Waals surface area contributed by atoms with Crippen LogP contribution in [0.25, 0.3) is 66.1 Å². The molecule has 4 heteroatoms. The molecule has 8 aromatic rings. The molecular weight excluding hydrogens is 791 g/mol. The molecule has 8 aromatic carbocycles. The first kappa shape index (κ1) is 41.4. The average molecular weight is 839 g/mol. The van der Waals surface area contributed by atoms with E-state index in [2.05, 4.69) is 200 Å². The van der Waals surface area contributed by atoms with Crippen LogP contribution in [0.1, 0.15) is 33.4 Å². The molecule has 0 aliphatic heterocycles. The summed E-state index contributed by atoms with van der Waals surface area (Å²) in [6, 6.07) is 53.3. The van der Waals surface area contributed by atoms with Crippen LogP contribution >= 0.6 is 17.0 Å². The van der Waals surface area contributed by atoms with E-state index < -0.39 is 20.8 Å². The van der Waals surface area contributed by atoms with Gasteiger partial charge in [-0.3, -0.25) is 0 Å². The molecule has 0 saturated heterocycles. The fourth-order valence-electron chi connectivity index (χ4n) is 7.44. The quantitative estimate of drug-likeness (QED) is 0.122. The summed E-state index contributed by atoms with van der Waals surface area (Å²) in [7, 11) is 11.0. The van der Waals surface area contributed by atoms with E-state index in [0.717, 1.165) is 9.52 Å². The summed E-state index contributed by atoms with van der Waals surface area (Å²) in [4.78, 5) is 0. The van der Waals surface area contributed by atoms with E-state index in [4.69, 9.17) is 17.0 Å². The number of benzene rings is 6. The van der Waals surface area contributed by atoms with Crippen LogP contribution in [0, 0.1) is 41.5 Å². The summed E-state index contributed by atoms with van der Waals surface area (Å²) in [6.45, 7) is 17.4. The minimum atomic E-state index is -0.826. The summed E-state index contributed by atoms with van der Waals surface area (Å²) < 4.78 is 0. The van der Waals surface area contributed by atoms with Crippen molar-refractivity contribution in [1.29, 1.82) is 0 Å². The summed E-state index contributed by atoms with van der Waals surface area (Å²) >= 11 is -0.826. The van der Waals surface area contributed by atoms with Gasteiger partial charge in [0.05, 0.1) is 0 Å². The molecule has 0 unspecified atom stereocenters. The Labute approximate surface area is 344 Å². The Morgan fingerprint density at radius 1 is 0.426 bits per heavy atom. The van der Waals surface area contributed by atoms with Crippen molar-refractivity contribution in [2.24, 2.45) is 0 Å². The Balaban J connectivity index is 0.000000182. The second kappa shape index (κ2) is 19.7. The van der Waals surface area contributed by atoms with Crippen LogP contribution in [-0.4, -0.2) is 9.52 Å². The summed E-state index contributed by atoms with van der Waals surface area (Å²) in [5.41, 5.74) is 18.3. The van der Waals surface area contributed by atoms with Gasteiger partial charge in [0, 0.05) is 9.52 Å². The number of hydrogen-bond donors (Lipinski definition) is 0. The molecule has 0 aliphatic rings. The summed E-state index contributed by atoms with van der Waals surface area (Å²) in [6.07, 6.45) is 0. The Morgan fingerprint density at radius 3 is 1.06 bits per heavy atom. The molecule has 0 aromatic heterocycles. The fourth-order valence-corrected chi connectivity index (χ4v) is 7.44. The maximum atomic E-state index is 4.93. The van der Waals surface area contributed by atoms with Gasteiger partial charge in [-0.25, -0.2) is 0 Å². The van der Waals surface area contributed by atoms with Gasteiger partial charge in [-0.05, 0) is 61.1 Å². The van der Waals surface area contributed by atoms with Crippen molar-refractivity contribution in [3.05, 3.63) is 179 Å². The molecule has 54 heavy (non-hydrogen) atoms. The summed E-state index contributed by atoms with van der Waals surface area (Å²) in [5.74, 6) is 0. The van der Waals surface area contributed by atoms with Gasteiger partial charge in [0.25, 0.3) is 0 Å². The number of rotatable bonds is 4. The van der Waals surface area contributed by atoms with Gasteiger partial charge in [0.2, 0.25) is 0 Å². The van der Waals surface area contributed by atoms with Gasteiger partial charge in [0.15, 0.2) is 0 Å². The Morgan fingerprint density at radius 2 is 0.741 bits per heavy atom. The first-order valence-electron chi connectivity index (χ1n) is 18.3. The number of aryl methyl sites for hydroxylation is 6. The van der Waals surface area contributed by atoms with Crippen molar-refractivity contribution in [2.45, 2.75) is 54.6 Å². The molecule has 8 rings (SSSR count). The number of fused-ring (bicyclic) bond motifs is 2. The van der Waals surface area contributed by atoms with E-state index in [9.17, 15) is 0 Å². The van der Waals surface area contributed by atoms with Gasteiger partial charge in [-0.1, -0.05) is 170 Å². The first-order valence-corrected chi connectivity index (χ1v) is 26.6. The van der Waals surface area contributed by atoms with E-state index in [1.165, 1.54) is 99.4 Å². The van der Waals surface area contributed by atoms with E-state index in [0.29, 0.717) is 0 Å². The van der Waals surface area contributed by atoms with Crippen LogP contribution in [0.4, 0.5) is 0 Å². The second-order valence-electron chi connectivity index (χ2n) is 14.1. The molecule has 0 spiro atoms. The van der Waals surface area contributed by atoms with Crippen molar-refractivity contribution < 1.29 is 20.8 Å². The molecule has 0 saturated carbocycles. The van der Waals surface area contributed by atoms with Crippen LogP contribution in [0.2, 0.25) is 13.1 Å². The Hall–Kier alpha value is -3.78. The van der Waals surface area contributed by atoms with Gasteiger partial charge in [0.1, 0.15) is 0 Å². The molecule has 0 nitrogen and oxygen atoms in total. The molecular formula is C50H48Cl2SiZr. The fraction of sp³-hybridized carbons (Fsp3) is 0.160. The maximum absolute atomic E-state index is 4.93. The topological polar surface area (TPSA) is 0 Å². The second-order valence-corrected chi connectivity index (χ2v) is 18.8. The van der Waals surface area contributed by atoms with Gasteiger partial charge >= 0.3 is 37.9 Å². The third-order valence-electron chi connectivity index (χ3n) is 9.26. The van der Waals surface area contributed by atoms with E-state index in [1.54, 1.807) is 0 Å². The molecule has 0 N–H and O–H groups in total. The SMILES string of the molecule is C[Si]C.Cc1cc(C)cc(-c2c(-c3ccccc3)ccc3[cH-]c(C)cc23)c1.Cc1cc(C)cc(-c2c(-c3ccccc3)ccc3[cH-]c(C)cc23)c1.[Cl][Zr+2][Cl]. The molecule has 0 amide bonds. The Kier molecular flexibility index (Phi) is 15.1. The normalized spacial score (nSPS) is 10.4. The van der Waals surface area contributed by atoms with Gasteiger partial charge < -0.3 is 0 Å². The molecule has 270 valence electrons. The van der Waals surface area contributed by atoms with Crippen LogP contribution in [-0.2, 0) is 20.8 Å². The van der Waals surface area contributed by atoms with Crippen molar-refractivity contribution >= 4 is 48.1 Å². The zero-order valence-electron chi connectivity index (χ0n) is 32.6. The molecule has 0 fully saturated rings. The zero-order chi connectivity index (χ0) is 38.8. The average Bonchev–Trinajstić information content (AvgIpc) is 3.72. The predicted octanol–water partition coefficient (Wildman–Crippen LogP) is 15.8. The number of hydrogen-bond acceptors (Lipinski definition) is 0. The van der Waals surface area contributed by atoms with Crippen LogP contribution < -0.4 is 0 Å². The monoisotopic (exact) mass is 836 g/mol. The van der Waals surface area contributed by atoms with Gasteiger partial charge in [-0.2, -0.15) is 12.1 Å². The third kappa shape index (κ3) is 10.3. The molecule has 2 radical (unpaired) electrons. The van der Waals surface area contributed by atoms with Crippen LogP contribution in [0.15, 0.2) is 146 Å². The Bertz CT molecular complexity index is 2220. The predicted molar refractivity (Wildman–Crippen MR) is 238 cm³/mol. The van der Waals surface area contributed by atoms with E-state index >= 15 is 0 Å². The van der Waals surface area contributed by atoms with Crippen LogP contribution in [0.3, 0.4) is 0 Å². The van der Waals surface area contributed by atoms with Crippen molar-refractivity contribution in [3.8, 4) is 44.5 Å². The van der Waals surface area contributed by atoms with Crippen molar-refractivity contribution in [2.75, 3.05) is 0 Å². The van der Waals surface area contributed by atoms with Crippen molar-refractivity contribution in [1.82, 2.24) is 0 Å². The minimum absolute atomic E-state index is 0.826.